The zero-order valence-electron chi connectivity index (χ0n) is 13.2. The molecule has 1 aliphatic heterocycles. The molecule has 2 aromatic rings. The smallest absolute Gasteiger partial charge is 0.142 e. The summed E-state index contributed by atoms with van der Waals surface area (Å²) in [6.45, 7) is 6.18. The van der Waals surface area contributed by atoms with Gasteiger partial charge in [-0.2, -0.15) is 0 Å². The molecule has 3 heteroatoms. The van der Waals surface area contributed by atoms with Crippen LogP contribution in [0, 0.1) is 5.92 Å². The summed E-state index contributed by atoms with van der Waals surface area (Å²) in [6.07, 6.45) is 1.15. The zero-order valence-corrected chi connectivity index (χ0v) is 13.2. The molecule has 0 fully saturated rings. The van der Waals surface area contributed by atoms with E-state index in [9.17, 15) is 0 Å². The molecule has 1 unspecified atom stereocenters. The molecule has 0 spiro atoms. The normalized spacial score (nSPS) is 16.0. The van der Waals surface area contributed by atoms with E-state index in [0.717, 1.165) is 31.8 Å². The van der Waals surface area contributed by atoms with Crippen molar-refractivity contribution < 1.29 is 4.74 Å². The molecule has 0 amide bonds. The van der Waals surface area contributed by atoms with Crippen LogP contribution in [-0.2, 0) is 13.0 Å². The first-order chi connectivity index (χ1) is 10.7. The van der Waals surface area contributed by atoms with Crippen molar-refractivity contribution in [2.45, 2.75) is 19.9 Å². The minimum Gasteiger partial charge on any atom is -0.491 e. The van der Waals surface area contributed by atoms with Crippen LogP contribution in [0.4, 0.5) is 5.69 Å². The molecule has 1 atom stereocenters. The van der Waals surface area contributed by atoms with Gasteiger partial charge in [-0.05, 0) is 29.7 Å². The van der Waals surface area contributed by atoms with Gasteiger partial charge in [0.15, 0.2) is 0 Å². The van der Waals surface area contributed by atoms with Crippen molar-refractivity contribution in [3.63, 3.8) is 0 Å². The Morgan fingerprint density at radius 1 is 1.09 bits per heavy atom. The minimum atomic E-state index is 0.477. The van der Waals surface area contributed by atoms with Crippen molar-refractivity contribution in [1.29, 1.82) is 0 Å². The summed E-state index contributed by atoms with van der Waals surface area (Å²) in [5.74, 6) is 1.27. The van der Waals surface area contributed by atoms with Gasteiger partial charge in [-0.3, -0.25) is 4.90 Å². The summed E-state index contributed by atoms with van der Waals surface area (Å²) in [7, 11) is 0. The number of fused-ring (bicyclic) bond motifs is 1. The SMILES string of the molecule is CC(COc1ccccc1N)CN1CCc2ccccc2C1. The lowest BCUT2D eigenvalue weighted by Crippen LogP contribution is -2.35. The van der Waals surface area contributed by atoms with Crippen molar-refractivity contribution >= 4 is 5.69 Å². The van der Waals surface area contributed by atoms with Crippen molar-refractivity contribution in [2.24, 2.45) is 5.92 Å². The molecule has 0 saturated carbocycles. The molecule has 0 bridgehead atoms. The number of para-hydroxylation sites is 2. The van der Waals surface area contributed by atoms with Crippen LogP contribution in [-0.4, -0.2) is 24.6 Å². The molecule has 2 N–H and O–H groups in total. The van der Waals surface area contributed by atoms with E-state index >= 15 is 0 Å². The second kappa shape index (κ2) is 6.84. The van der Waals surface area contributed by atoms with Crippen LogP contribution in [0.25, 0.3) is 0 Å². The molecule has 3 rings (SSSR count). The fourth-order valence-electron chi connectivity index (χ4n) is 3.05. The average molecular weight is 296 g/mol. The summed E-state index contributed by atoms with van der Waals surface area (Å²) in [5, 5.41) is 0. The Labute approximate surface area is 132 Å². The predicted molar refractivity (Wildman–Crippen MR) is 90.9 cm³/mol. The lowest BCUT2D eigenvalue weighted by atomic mass is 9.99. The third kappa shape index (κ3) is 3.60. The number of hydrogen-bond donors (Lipinski definition) is 1. The van der Waals surface area contributed by atoms with Crippen LogP contribution in [0.15, 0.2) is 48.5 Å². The maximum absolute atomic E-state index is 5.91. The number of nitrogens with two attached hydrogens (primary N) is 1. The fourth-order valence-corrected chi connectivity index (χ4v) is 3.05. The predicted octanol–water partition coefficient (Wildman–Crippen LogP) is 3.34. The largest absolute Gasteiger partial charge is 0.491 e. The monoisotopic (exact) mass is 296 g/mol. The first-order valence-electron chi connectivity index (χ1n) is 7.99. The molecular formula is C19H24N2O. The van der Waals surface area contributed by atoms with Gasteiger partial charge in [0.1, 0.15) is 5.75 Å². The highest BCUT2D eigenvalue weighted by Crippen LogP contribution is 2.22. The summed E-state index contributed by atoms with van der Waals surface area (Å²) in [4.78, 5) is 2.52. The first kappa shape index (κ1) is 14.9. The topological polar surface area (TPSA) is 38.5 Å². The summed E-state index contributed by atoms with van der Waals surface area (Å²) in [6, 6.07) is 16.4. The number of hydrogen-bond acceptors (Lipinski definition) is 3. The van der Waals surface area contributed by atoms with E-state index in [1.54, 1.807) is 0 Å². The van der Waals surface area contributed by atoms with Gasteiger partial charge in [0.05, 0.1) is 12.3 Å². The van der Waals surface area contributed by atoms with Gasteiger partial charge < -0.3 is 10.5 Å². The number of anilines is 1. The van der Waals surface area contributed by atoms with E-state index in [2.05, 4.69) is 36.1 Å². The molecule has 0 aromatic heterocycles. The van der Waals surface area contributed by atoms with E-state index in [1.165, 1.54) is 11.1 Å². The number of rotatable bonds is 5. The van der Waals surface area contributed by atoms with Gasteiger partial charge in [-0.1, -0.05) is 43.3 Å². The number of nitrogen functional groups attached to an aromatic ring is 1. The molecule has 1 aliphatic rings. The Hall–Kier alpha value is -2.00. The zero-order chi connectivity index (χ0) is 15.4. The van der Waals surface area contributed by atoms with Crippen molar-refractivity contribution in [2.75, 3.05) is 25.4 Å². The van der Waals surface area contributed by atoms with E-state index in [-0.39, 0.29) is 0 Å². The highest BCUT2D eigenvalue weighted by Gasteiger charge is 2.17. The van der Waals surface area contributed by atoms with Gasteiger partial charge in [-0.15, -0.1) is 0 Å². The lowest BCUT2D eigenvalue weighted by molar-refractivity contribution is 0.175. The van der Waals surface area contributed by atoms with Gasteiger partial charge in [-0.25, -0.2) is 0 Å². The number of nitrogens with zero attached hydrogens (tertiary/aromatic N) is 1. The number of ether oxygens (including phenoxy) is 1. The highest BCUT2D eigenvalue weighted by atomic mass is 16.5. The van der Waals surface area contributed by atoms with Gasteiger partial charge in [0.2, 0.25) is 0 Å². The Morgan fingerprint density at radius 3 is 2.64 bits per heavy atom. The third-order valence-electron chi connectivity index (χ3n) is 4.22. The third-order valence-corrected chi connectivity index (χ3v) is 4.22. The Bertz CT molecular complexity index is 626. The van der Waals surface area contributed by atoms with Crippen molar-refractivity contribution in [3.05, 3.63) is 59.7 Å². The maximum Gasteiger partial charge on any atom is 0.142 e. The standard InChI is InChI=1S/C19H24N2O/c1-15(14-22-19-9-5-4-8-18(19)20)12-21-11-10-16-6-2-3-7-17(16)13-21/h2-9,15H,10-14,20H2,1H3. The minimum absolute atomic E-state index is 0.477. The van der Waals surface area contributed by atoms with Gasteiger partial charge in [0, 0.05) is 25.6 Å². The second-order valence-electron chi connectivity index (χ2n) is 6.21. The first-order valence-corrected chi connectivity index (χ1v) is 7.99. The fraction of sp³-hybridized carbons (Fsp3) is 0.368. The maximum atomic E-state index is 5.91. The van der Waals surface area contributed by atoms with E-state index in [0.29, 0.717) is 18.2 Å². The van der Waals surface area contributed by atoms with Crippen LogP contribution >= 0.6 is 0 Å². The molecule has 2 aromatic carbocycles. The van der Waals surface area contributed by atoms with Crippen LogP contribution in [0.3, 0.4) is 0 Å². The molecule has 1 heterocycles. The van der Waals surface area contributed by atoms with Crippen LogP contribution in [0.5, 0.6) is 5.75 Å². The molecule has 3 nitrogen and oxygen atoms in total. The van der Waals surface area contributed by atoms with Crippen LogP contribution < -0.4 is 10.5 Å². The van der Waals surface area contributed by atoms with Crippen LogP contribution in [0.1, 0.15) is 18.1 Å². The van der Waals surface area contributed by atoms with Crippen molar-refractivity contribution in [1.82, 2.24) is 4.90 Å². The quantitative estimate of drug-likeness (QED) is 0.860. The Morgan fingerprint density at radius 2 is 1.82 bits per heavy atom. The molecule has 0 radical (unpaired) electrons. The Balaban J connectivity index is 1.51. The lowest BCUT2D eigenvalue weighted by Gasteiger charge is -2.30. The van der Waals surface area contributed by atoms with E-state index < -0.39 is 0 Å². The molecule has 116 valence electrons. The molecule has 0 aliphatic carbocycles. The molecule has 22 heavy (non-hydrogen) atoms. The van der Waals surface area contributed by atoms with Gasteiger partial charge >= 0.3 is 0 Å². The molecular weight excluding hydrogens is 272 g/mol. The van der Waals surface area contributed by atoms with Crippen LogP contribution in [0.2, 0.25) is 0 Å². The Kier molecular flexibility index (Phi) is 4.64. The summed E-state index contributed by atoms with van der Waals surface area (Å²) < 4.78 is 5.86. The summed E-state index contributed by atoms with van der Waals surface area (Å²) >= 11 is 0. The second-order valence-corrected chi connectivity index (χ2v) is 6.21. The van der Waals surface area contributed by atoms with Gasteiger partial charge in [0.25, 0.3) is 0 Å². The summed E-state index contributed by atoms with van der Waals surface area (Å²) in [5.41, 5.74) is 9.59. The van der Waals surface area contributed by atoms with Crippen molar-refractivity contribution in [3.8, 4) is 5.75 Å². The number of benzene rings is 2. The average Bonchev–Trinajstić information content (AvgIpc) is 2.54. The van der Waals surface area contributed by atoms with E-state index in [4.69, 9.17) is 10.5 Å². The molecule has 0 saturated heterocycles. The highest BCUT2D eigenvalue weighted by molar-refractivity contribution is 5.51. The van der Waals surface area contributed by atoms with E-state index in [1.807, 2.05) is 24.3 Å².